The highest BCUT2D eigenvalue weighted by Gasteiger charge is 2.31. The first-order valence-electron chi connectivity index (χ1n) is 5.65. The molecule has 17 heavy (non-hydrogen) atoms. The normalized spacial score (nSPS) is 14.1. The number of nitrogens with two attached hydrogens (primary N) is 1. The number of nitrogens with one attached hydrogen (secondary N) is 1. The maximum Gasteiger partial charge on any atom is 0.256 e. The minimum absolute atomic E-state index is 0.143. The highest BCUT2D eigenvalue weighted by Crippen LogP contribution is 2.21. The lowest BCUT2D eigenvalue weighted by Crippen LogP contribution is -2.41. The number of carbonyl (C=O) groups is 1. The zero-order valence-corrected chi connectivity index (χ0v) is 10.8. The monoisotopic (exact) mass is 236 g/mol. The van der Waals surface area contributed by atoms with Crippen molar-refractivity contribution in [2.75, 3.05) is 18.2 Å². The van der Waals surface area contributed by atoms with Crippen LogP contribution >= 0.6 is 0 Å². The fourth-order valence-electron chi connectivity index (χ4n) is 1.48. The van der Waals surface area contributed by atoms with E-state index in [4.69, 9.17) is 10.5 Å². The van der Waals surface area contributed by atoms with E-state index in [9.17, 15) is 4.79 Å². The van der Waals surface area contributed by atoms with Crippen LogP contribution in [0, 0.1) is 6.92 Å². The number of nitrogen functional groups attached to an aromatic ring is 1. The standard InChI is InChI=1S/C13H20N2O2/c1-5-13(3,17-4)12(16)15-11-7-6-10(14)8-9(11)2/h6-8H,5,14H2,1-4H3,(H,15,16). The van der Waals surface area contributed by atoms with Gasteiger partial charge in [-0.1, -0.05) is 6.92 Å². The van der Waals surface area contributed by atoms with Crippen LogP contribution in [0.15, 0.2) is 18.2 Å². The maximum absolute atomic E-state index is 12.1. The molecule has 0 spiro atoms. The van der Waals surface area contributed by atoms with Crippen molar-refractivity contribution in [3.63, 3.8) is 0 Å². The Bertz CT molecular complexity index is 412. The fourth-order valence-corrected chi connectivity index (χ4v) is 1.48. The summed E-state index contributed by atoms with van der Waals surface area (Å²) in [6.07, 6.45) is 0.614. The molecule has 0 saturated heterocycles. The fraction of sp³-hybridized carbons (Fsp3) is 0.462. The first kappa shape index (κ1) is 13.5. The highest BCUT2D eigenvalue weighted by molar-refractivity contribution is 5.97. The molecule has 1 unspecified atom stereocenters. The average Bonchev–Trinajstić information content (AvgIpc) is 2.31. The minimum atomic E-state index is -0.798. The number of carbonyl (C=O) groups excluding carboxylic acids is 1. The van der Waals surface area contributed by atoms with Crippen LogP contribution in [0.5, 0.6) is 0 Å². The van der Waals surface area contributed by atoms with E-state index in [1.54, 1.807) is 26.2 Å². The van der Waals surface area contributed by atoms with E-state index >= 15 is 0 Å². The molecule has 0 aliphatic carbocycles. The molecular weight excluding hydrogens is 216 g/mol. The molecule has 1 amide bonds. The summed E-state index contributed by atoms with van der Waals surface area (Å²) in [7, 11) is 1.54. The molecule has 0 fully saturated rings. The highest BCUT2D eigenvalue weighted by atomic mass is 16.5. The number of hydrogen-bond donors (Lipinski definition) is 2. The molecular formula is C13H20N2O2. The average molecular weight is 236 g/mol. The number of benzene rings is 1. The second-order valence-corrected chi connectivity index (χ2v) is 4.32. The molecule has 1 atom stereocenters. The van der Waals surface area contributed by atoms with Crippen LogP contribution in [0.3, 0.4) is 0 Å². The number of methoxy groups -OCH3 is 1. The third-order valence-corrected chi connectivity index (χ3v) is 3.10. The second kappa shape index (κ2) is 5.19. The number of amides is 1. The van der Waals surface area contributed by atoms with Crippen molar-refractivity contribution in [3.8, 4) is 0 Å². The van der Waals surface area contributed by atoms with Gasteiger partial charge in [0, 0.05) is 18.5 Å². The van der Waals surface area contributed by atoms with E-state index < -0.39 is 5.60 Å². The molecule has 0 bridgehead atoms. The Labute approximate surface area is 102 Å². The van der Waals surface area contributed by atoms with Gasteiger partial charge in [-0.25, -0.2) is 0 Å². The van der Waals surface area contributed by atoms with E-state index in [1.165, 1.54) is 0 Å². The summed E-state index contributed by atoms with van der Waals surface area (Å²) >= 11 is 0. The summed E-state index contributed by atoms with van der Waals surface area (Å²) in [5, 5.41) is 2.86. The maximum atomic E-state index is 12.1. The molecule has 3 N–H and O–H groups in total. The van der Waals surface area contributed by atoms with E-state index in [0.29, 0.717) is 12.1 Å². The summed E-state index contributed by atoms with van der Waals surface area (Å²) in [6.45, 7) is 5.59. The molecule has 0 heterocycles. The summed E-state index contributed by atoms with van der Waals surface area (Å²) in [5.41, 5.74) is 7.25. The lowest BCUT2D eigenvalue weighted by molar-refractivity contribution is -0.136. The first-order valence-corrected chi connectivity index (χ1v) is 5.65. The van der Waals surface area contributed by atoms with Crippen molar-refractivity contribution in [3.05, 3.63) is 23.8 Å². The predicted molar refractivity (Wildman–Crippen MR) is 69.9 cm³/mol. The van der Waals surface area contributed by atoms with Gasteiger partial charge in [-0.2, -0.15) is 0 Å². The molecule has 0 aliphatic heterocycles. The lowest BCUT2D eigenvalue weighted by Gasteiger charge is -2.25. The van der Waals surface area contributed by atoms with Gasteiger partial charge in [0.05, 0.1) is 0 Å². The van der Waals surface area contributed by atoms with E-state index in [1.807, 2.05) is 19.9 Å². The second-order valence-electron chi connectivity index (χ2n) is 4.32. The van der Waals surface area contributed by atoms with Gasteiger partial charge >= 0.3 is 0 Å². The number of anilines is 2. The third-order valence-electron chi connectivity index (χ3n) is 3.10. The SMILES string of the molecule is CCC(C)(OC)C(=O)Nc1ccc(N)cc1C. The van der Waals surface area contributed by atoms with Crippen molar-refractivity contribution < 1.29 is 9.53 Å². The largest absolute Gasteiger partial charge is 0.399 e. The van der Waals surface area contributed by atoms with Crippen LogP contribution in [-0.2, 0) is 9.53 Å². The Morgan fingerprint density at radius 2 is 2.18 bits per heavy atom. The predicted octanol–water partition coefficient (Wildman–Crippen LogP) is 2.33. The molecule has 4 heteroatoms. The van der Waals surface area contributed by atoms with E-state index in [-0.39, 0.29) is 5.91 Å². The van der Waals surface area contributed by atoms with Crippen molar-refractivity contribution in [1.29, 1.82) is 0 Å². The molecule has 0 saturated carbocycles. The summed E-state index contributed by atoms with van der Waals surface area (Å²) in [5.74, 6) is -0.143. The Morgan fingerprint density at radius 1 is 1.53 bits per heavy atom. The number of rotatable bonds is 4. The number of ether oxygens (including phenoxy) is 1. The Hall–Kier alpha value is -1.55. The summed E-state index contributed by atoms with van der Waals surface area (Å²) in [6, 6.07) is 5.39. The van der Waals surface area contributed by atoms with Crippen LogP contribution in [-0.4, -0.2) is 18.6 Å². The molecule has 1 aromatic carbocycles. The van der Waals surface area contributed by atoms with Gasteiger partial charge in [-0.3, -0.25) is 4.79 Å². The smallest absolute Gasteiger partial charge is 0.256 e. The van der Waals surface area contributed by atoms with Crippen LogP contribution < -0.4 is 11.1 Å². The molecule has 1 aromatic rings. The number of aryl methyl sites for hydroxylation is 1. The van der Waals surface area contributed by atoms with Crippen molar-refractivity contribution in [2.24, 2.45) is 0 Å². The van der Waals surface area contributed by atoms with Gasteiger partial charge < -0.3 is 15.8 Å². The quantitative estimate of drug-likeness (QED) is 0.789. The van der Waals surface area contributed by atoms with Crippen molar-refractivity contribution >= 4 is 17.3 Å². The summed E-state index contributed by atoms with van der Waals surface area (Å²) in [4.78, 5) is 12.1. The van der Waals surface area contributed by atoms with Crippen LogP contribution in [0.1, 0.15) is 25.8 Å². The third kappa shape index (κ3) is 2.97. The van der Waals surface area contributed by atoms with E-state index in [0.717, 1.165) is 11.3 Å². The zero-order valence-electron chi connectivity index (χ0n) is 10.8. The van der Waals surface area contributed by atoms with Gasteiger partial charge in [0.2, 0.25) is 0 Å². The number of hydrogen-bond acceptors (Lipinski definition) is 3. The van der Waals surface area contributed by atoms with Gasteiger partial charge in [0.15, 0.2) is 0 Å². The van der Waals surface area contributed by atoms with Crippen LogP contribution in [0.4, 0.5) is 11.4 Å². The Kier molecular flexibility index (Phi) is 4.12. The molecule has 4 nitrogen and oxygen atoms in total. The molecule has 0 radical (unpaired) electrons. The minimum Gasteiger partial charge on any atom is -0.399 e. The molecule has 1 rings (SSSR count). The zero-order chi connectivity index (χ0) is 13.1. The van der Waals surface area contributed by atoms with Crippen LogP contribution in [0.25, 0.3) is 0 Å². The van der Waals surface area contributed by atoms with Crippen molar-refractivity contribution in [2.45, 2.75) is 32.8 Å². The topological polar surface area (TPSA) is 64.3 Å². The molecule has 94 valence electrons. The first-order chi connectivity index (χ1) is 7.92. The Morgan fingerprint density at radius 3 is 2.65 bits per heavy atom. The van der Waals surface area contributed by atoms with Gasteiger partial charge in [0.1, 0.15) is 5.60 Å². The molecule has 0 aromatic heterocycles. The van der Waals surface area contributed by atoms with Crippen molar-refractivity contribution in [1.82, 2.24) is 0 Å². The van der Waals surface area contributed by atoms with E-state index in [2.05, 4.69) is 5.32 Å². The van der Waals surface area contributed by atoms with Gasteiger partial charge in [0.25, 0.3) is 5.91 Å². The molecule has 0 aliphatic rings. The summed E-state index contributed by atoms with van der Waals surface area (Å²) < 4.78 is 5.25. The van der Waals surface area contributed by atoms with Crippen LogP contribution in [0.2, 0.25) is 0 Å². The van der Waals surface area contributed by atoms with Gasteiger partial charge in [-0.15, -0.1) is 0 Å². The lowest BCUT2D eigenvalue weighted by atomic mass is 10.0. The Balaban J connectivity index is 2.88. The van der Waals surface area contributed by atoms with Gasteiger partial charge in [-0.05, 0) is 44.0 Å².